The summed E-state index contributed by atoms with van der Waals surface area (Å²) >= 11 is 7.81. The van der Waals surface area contributed by atoms with Gasteiger partial charge in [-0.2, -0.15) is 0 Å². The van der Waals surface area contributed by atoms with Crippen molar-refractivity contribution in [2.45, 2.75) is 136 Å². The molecule has 0 spiro atoms. The van der Waals surface area contributed by atoms with E-state index in [0.717, 1.165) is 6.42 Å². The van der Waals surface area contributed by atoms with Crippen LogP contribution in [-0.4, -0.2) is 0 Å². The summed E-state index contributed by atoms with van der Waals surface area (Å²) < 4.78 is 2.63. The maximum absolute atomic E-state index is 4.11. The van der Waals surface area contributed by atoms with E-state index in [0.29, 0.717) is 0 Å². The molecule has 0 aliphatic heterocycles. The molecule has 0 amide bonds. The van der Waals surface area contributed by atoms with Crippen LogP contribution in [0.5, 0.6) is 0 Å². The molecular weight excluding hydrogens is 556 g/mol. The molecule has 0 heterocycles. The van der Waals surface area contributed by atoms with Gasteiger partial charge in [-0.05, 0) is 83.7 Å². The number of aryl methyl sites for hydroxylation is 1. The molecule has 0 saturated heterocycles. The third-order valence-electron chi connectivity index (χ3n) is 7.86. The first-order valence-electron chi connectivity index (χ1n) is 14.8. The summed E-state index contributed by atoms with van der Waals surface area (Å²) in [6.45, 7) is 4.60. The lowest BCUT2D eigenvalue weighted by Crippen LogP contribution is -2.00. The smallest absolute Gasteiger partial charge is 0.0242 e. The van der Waals surface area contributed by atoms with Crippen LogP contribution in [0.2, 0.25) is 0 Å². The summed E-state index contributed by atoms with van der Waals surface area (Å²) in [5.74, 6) is 0. The fourth-order valence-corrected chi connectivity index (χ4v) is 6.90. The highest BCUT2D eigenvalue weighted by molar-refractivity contribution is 9.10. The van der Waals surface area contributed by atoms with Crippen molar-refractivity contribution in [3.63, 3.8) is 0 Å². The minimum Gasteiger partial charge on any atom is -0.0654 e. The van der Waals surface area contributed by atoms with Gasteiger partial charge in [0.25, 0.3) is 0 Å². The molecule has 2 heteroatoms. The number of halogens is 2. The zero-order chi connectivity index (χ0) is 24.9. The molecule has 0 bridgehead atoms. The van der Waals surface area contributed by atoms with Gasteiger partial charge < -0.3 is 0 Å². The highest BCUT2D eigenvalue weighted by atomic mass is 79.9. The summed E-state index contributed by atoms with van der Waals surface area (Å²) in [4.78, 5) is 0. The van der Waals surface area contributed by atoms with Crippen LogP contribution in [0.4, 0.5) is 0 Å². The van der Waals surface area contributed by atoms with E-state index in [-0.39, 0.29) is 0 Å². The molecule has 0 nitrogen and oxygen atoms in total. The second kappa shape index (κ2) is 16.3. The summed E-state index contributed by atoms with van der Waals surface area (Å²) in [6.07, 6.45) is 25.7. The molecule has 1 aliphatic carbocycles. The second-order valence-electron chi connectivity index (χ2n) is 10.8. The molecule has 194 valence electrons. The van der Waals surface area contributed by atoms with E-state index in [1.54, 1.807) is 16.7 Å². The van der Waals surface area contributed by atoms with Gasteiger partial charge in [0, 0.05) is 8.95 Å². The average Bonchev–Trinajstić information content (AvgIpc) is 3.21. The molecule has 0 fully saturated rings. The largest absolute Gasteiger partial charge is 0.0654 e. The zero-order valence-electron chi connectivity index (χ0n) is 22.5. The molecule has 2 aromatic carbocycles. The highest BCUT2D eigenvalue weighted by Crippen LogP contribution is 2.44. The highest BCUT2D eigenvalue weighted by Gasteiger charge is 2.24. The quantitative estimate of drug-likeness (QED) is 0.127. The van der Waals surface area contributed by atoms with E-state index in [1.807, 2.05) is 0 Å². The van der Waals surface area contributed by atoms with E-state index < -0.39 is 0 Å². The van der Waals surface area contributed by atoms with Crippen LogP contribution in [0.3, 0.4) is 0 Å². The van der Waals surface area contributed by atoms with E-state index in [9.17, 15) is 0 Å². The predicted molar refractivity (Wildman–Crippen MR) is 163 cm³/mol. The Labute approximate surface area is 233 Å². The maximum atomic E-state index is 4.11. The van der Waals surface area contributed by atoms with Gasteiger partial charge in [-0.1, -0.05) is 142 Å². The average molecular weight is 605 g/mol. The molecule has 0 unspecified atom stereocenters. The van der Waals surface area contributed by atoms with E-state index >= 15 is 0 Å². The van der Waals surface area contributed by atoms with Gasteiger partial charge in [0.15, 0.2) is 0 Å². The lowest BCUT2D eigenvalue weighted by atomic mass is 9.92. The third kappa shape index (κ3) is 9.03. The predicted octanol–water partition coefficient (Wildman–Crippen LogP) is 12.1. The molecule has 0 radical (unpaired) electrons. The van der Waals surface area contributed by atoms with Crippen LogP contribution in [0.25, 0.3) is 11.1 Å². The fraction of sp³-hybridized carbons (Fsp3) is 0.636. The van der Waals surface area contributed by atoms with E-state index in [4.69, 9.17) is 0 Å². The van der Waals surface area contributed by atoms with Crippen LogP contribution in [0, 0.1) is 0 Å². The van der Waals surface area contributed by atoms with Gasteiger partial charge in [0.1, 0.15) is 0 Å². The van der Waals surface area contributed by atoms with Crippen LogP contribution < -0.4 is 0 Å². The Morgan fingerprint density at radius 1 is 0.600 bits per heavy atom. The van der Waals surface area contributed by atoms with Crippen LogP contribution in [-0.2, 0) is 19.3 Å². The minimum absolute atomic E-state index is 1.09. The van der Waals surface area contributed by atoms with Crippen molar-refractivity contribution < 1.29 is 0 Å². The number of rotatable bonds is 18. The van der Waals surface area contributed by atoms with Crippen molar-refractivity contribution in [1.29, 1.82) is 0 Å². The fourth-order valence-electron chi connectivity index (χ4n) is 5.75. The normalized spacial score (nSPS) is 12.2. The van der Waals surface area contributed by atoms with Gasteiger partial charge in [-0.3, -0.25) is 0 Å². The van der Waals surface area contributed by atoms with Crippen molar-refractivity contribution in [2.24, 2.45) is 0 Å². The Kier molecular flexibility index (Phi) is 13.5. The Balaban J connectivity index is 1.62. The topological polar surface area (TPSA) is 0 Å². The zero-order valence-corrected chi connectivity index (χ0v) is 25.7. The van der Waals surface area contributed by atoms with E-state index in [2.05, 4.69) is 70.0 Å². The summed E-state index contributed by atoms with van der Waals surface area (Å²) in [7, 11) is 0. The van der Waals surface area contributed by atoms with Crippen molar-refractivity contribution in [2.75, 3.05) is 0 Å². The maximum Gasteiger partial charge on any atom is 0.0242 e. The first-order chi connectivity index (χ1) is 17.2. The molecule has 0 atom stereocenters. The monoisotopic (exact) mass is 602 g/mol. The Morgan fingerprint density at radius 2 is 1.14 bits per heavy atom. The molecule has 0 N–H and O–H groups in total. The number of fused-ring (bicyclic) bond motifs is 3. The first kappa shape index (κ1) is 29.0. The SMILES string of the molecule is CCCCCCCCCCc1cc2c(c(CCCCCCCCCC)c1Br)Cc1cc(Br)ccc1-2. The Hall–Kier alpha value is -0.600. The standard InChI is InChI=1S/C33H48Br2/c1-3-5-7-9-11-13-15-17-19-26-24-31-29-22-21-28(34)23-27(29)25-32(31)30(33(26)35)20-18-16-14-12-10-8-6-4-2/h21-24H,3-20,25H2,1-2H3. The number of hydrogen-bond donors (Lipinski definition) is 0. The molecular formula is C33H48Br2. The van der Waals surface area contributed by atoms with Gasteiger partial charge >= 0.3 is 0 Å². The molecule has 2 aromatic rings. The molecule has 0 aromatic heterocycles. The molecule has 1 aliphatic rings. The molecule has 3 rings (SSSR count). The van der Waals surface area contributed by atoms with Gasteiger partial charge in [0.2, 0.25) is 0 Å². The summed E-state index contributed by atoms with van der Waals surface area (Å²) in [5, 5.41) is 0. The Bertz CT molecular complexity index is 898. The van der Waals surface area contributed by atoms with Crippen molar-refractivity contribution in [3.8, 4) is 11.1 Å². The lowest BCUT2D eigenvalue weighted by molar-refractivity contribution is 0.573. The minimum atomic E-state index is 1.09. The number of benzene rings is 2. The van der Waals surface area contributed by atoms with Gasteiger partial charge in [0.05, 0.1) is 0 Å². The van der Waals surface area contributed by atoms with Crippen molar-refractivity contribution in [3.05, 3.63) is 55.5 Å². The molecule has 35 heavy (non-hydrogen) atoms. The lowest BCUT2D eigenvalue weighted by Gasteiger charge is -2.16. The van der Waals surface area contributed by atoms with E-state index in [1.165, 1.54) is 141 Å². The van der Waals surface area contributed by atoms with Crippen molar-refractivity contribution >= 4 is 31.9 Å². The van der Waals surface area contributed by atoms with Crippen molar-refractivity contribution in [1.82, 2.24) is 0 Å². The van der Waals surface area contributed by atoms with Crippen LogP contribution in [0.15, 0.2) is 33.2 Å². The number of hydrogen-bond acceptors (Lipinski definition) is 0. The van der Waals surface area contributed by atoms with Gasteiger partial charge in [-0.15, -0.1) is 0 Å². The van der Waals surface area contributed by atoms with Crippen LogP contribution >= 0.6 is 31.9 Å². The Morgan fingerprint density at radius 3 is 1.74 bits per heavy atom. The first-order valence-corrected chi connectivity index (χ1v) is 16.4. The molecule has 0 saturated carbocycles. The van der Waals surface area contributed by atoms with Crippen LogP contribution in [0.1, 0.15) is 139 Å². The summed E-state index contributed by atoms with van der Waals surface area (Å²) in [5.41, 5.74) is 9.20. The number of unbranched alkanes of at least 4 members (excludes halogenated alkanes) is 14. The van der Waals surface area contributed by atoms with Gasteiger partial charge in [-0.25, -0.2) is 0 Å². The summed E-state index contributed by atoms with van der Waals surface area (Å²) in [6, 6.07) is 9.41. The third-order valence-corrected chi connectivity index (χ3v) is 9.34. The second-order valence-corrected chi connectivity index (χ2v) is 12.5.